The van der Waals surface area contributed by atoms with Crippen LogP contribution in [0.4, 0.5) is 0 Å². The van der Waals surface area contributed by atoms with Crippen LogP contribution >= 0.6 is 0 Å². The fraction of sp³-hybridized carbons (Fsp3) is 0.600. The third-order valence-electron chi connectivity index (χ3n) is 3.91. The van der Waals surface area contributed by atoms with Crippen LogP contribution in [0, 0.1) is 0 Å². The van der Waals surface area contributed by atoms with Crippen molar-refractivity contribution in [2.75, 3.05) is 27.2 Å². The van der Waals surface area contributed by atoms with Crippen LogP contribution in [0.5, 0.6) is 11.5 Å². The van der Waals surface area contributed by atoms with E-state index in [1.165, 1.54) is 0 Å². The molecule has 0 amide bonds. The molecular weight excluding hydrogens is 240 g/mol. The van der Waals surface area contributed by atoms with E-state index < -0.39 is 0 Å². The molecule has 1 aromatic carbocycles. The normalized spacial score (nSPS) is 19.3. The molecule has 1 heterocycles. The third kappa shape index (κ3) is 3.61. The number of likely N-dealkylation sites (tertiary alicyclic amines) is 1. The predicted molar refractivity (Wildman–Crippen MR) is 76.7 cm³/mol. The molecule has 1 aliphatic heterocycles. The molecule has 0 spiro atoms. The second kappa shape index (κ2) is 6.26. The lowest BCUT2D eigenvalue weighted by molar-refractivity contribution is 0.226. The quantitative estimate of drug-likeness (QED) is 0.874. The topological polar surface area (TPSA) is 44.7 Å². The summed E-state index contributed by atoms with van der Waals surface area (Å²) in [7, 11) is 3.80. The molecule has 0 radical (unpaired) electrons. The van der Waals surface area contributed by atoms with E-state index in [0.717, 1.165) is 37.2 Å². The van der Waals surface area contributed by atoms with E-state index in [1.54, 1.807) is 19.2 Å². The molecule has 2 N–H and O–H groups in total. The minimum Gasteiger partial charge on any atom is -0.508 e. The zero-order valence-electron chi connectivity index (χ0n) is 12.0. The van der Waals surface area contributed by atoms with Gasteiger partial charge in [-0.05, 0) is 58.1 Å². The molecule has 0 aromatic heterocycles. The van der Waals surface area contributed by atoms with Gasteiger partial charge in [-0.3, -0.25) is 0 Å². The predicted octanol–water partition coefficient (Wildman–Crippen LogP) is 2.15. The van der Waals surface area contributed by atoms with Gasteiger partial charge in [-0.2, -0.15) is 0 Å². The lowest BCUT2D eigenvalue weighted by Gasteiger charge is -2.32. The van der Waals surface area contributed by atoms with E-state index in [0.29, 0.717) is 11.8 Å². The first-order valence-corrected chi connectivity index (χ1v) is 6.91. The van der Waals surface area contributed by atoms with Crippen LogP contribution in [-0.2, 0) is 0 Å². The molecule has 0 bridgehead atoms. The maximum atomic E-state index is 9.97. The van der Waals surface area contributed by atoms with Crippen molar-refractivity contribution in [2.24, 2.45) is 0 Å². The molecule has 0 aliphatic carbocycles. The Labute approximate surface area is 115 Å². The number of piperidine rings is 1. The Morgan fingerprint density at radius 2 is 2.05 bits per heavy atom. The van der Waals surface area contributed by atoms with Crippen molar-refractivity contribution >= 4 is 0 Å². The Hall–Kier alpha value is -1.26. The van der Waals surface area contributed by atoms with Crippen molar-refractivity contribution in [3.05, 3.63) is 23.8 Å². The highest BCUT2D eigenvalue weighted by Gasteiger charge is 2.20. The monoisotopic (exact) mass is 264 g/mol. The minimum absolute atomic E-state index is 0.128. The lowest BCUT2D eigenvalue weighted by Crippen LogP contribution is -2.41. The molecule has 19 heavy (non-hydrogen) atoms. The SMILES string of the molecule is COc1ccc(O)c(C(C)NC2CCN(C)CC2)c1. The zero-order valence-corrected chi connectivity index (χ0v) is 12.0. The van der Waals surface area contributed by atoms with Gasteiger partial charge in [0.25, 0.3) is 0 Å². The van der Waals surface area contributed by atoms with Gasteiger partial charge in [-0.15, -0.1) is 0 Å². The number of aromatic hydroxyl groups is 1. The molecule has 1 atom stereocenters. The zero-order chi connectivity index (χ0) is 13.8. The van der Waals surface area contributed by atoms with Crippen LogP contribution in [0.2, 0.25) is 0 Å². The molecule has 1 saturated heterocycles. The smallest absolute Gasteiger partial charge is 0.120 e. The summed E-state index contributed by atoms with van der Waals surface area (Å²) < 4.78 is 5.22. The van der Waals surface area contributed by atoms with Crippen LogP contribution < -0.4 is 10.1 Å². The Kier molecular flexibility index (Phi) is 4.66. The van der Waals surface area contributed by atoms with Crippen molar-refractivity contribution in [1.29, 1.82) is 0 Å². The summed E-state index contributed by atoms with van der Waals surface area (Å²) in [5.41, 5.74) is 0.901. The molecule has 0 saturated carbocycles. The lowest BCUT2D eigenvalue weighted by atomic mass is 10.0. The highest BCUT2D eigenvalue weighted by atomic mass is 16.5. The summed E-state index contributed by atoms with van der Waals surface area (Å²) in [6.45, 7) is 4.36. The number of benzene rings is 1. The van der Waals surface area contributed by atoms with Gasteiger partial charge in [-0.1, -0.05) is 0 Å². The van der Waals surface area contributed by atoms with Gasteiger partial charge in [0.15, 0.2) is 0 Å². The highest BCUT2D eigenvalue weighted by Crippen LogP contribution is 2.29. The number of phenols is 1. The van der Waals surface area contributed by atoms with Gasteiger partial charge in [0.1, 0.15) is 11.5 Å². The fourth-order valence-corrected chi connectivity index (χ4v) is 2.62. The van der Waals surface area contributed by atoms with Crippen LogP contribution in [0.3, 0.4) is 0 Å². The number of phenolic OH excluding ortho intramolecular Hbond substituents is 1. The number of nitrogens with zero attached hydrogens (tertiary/aromatic N) is 1. The molecule has 1 unspecified atom stereocenters. The van der Waals surface area contributed by atoms with E-state index in [-0.39, 0.29) is 6.04 Å². The van der Waals surface area contributed by atoms with Gasteiger partial charge in [0, 0.05) is 17.6 Å². The van der Waals surface area contributed by atoms with Gasteiger partial charge in [0.2, 0.25) is 0 Å². The highest BCUT2D eigenvalue weighted by molar-refractivity contribution is 5.41. The second-order valence-corrected chi connectivity index (χ2v) is 5.39. The Morgan fingerprint density at radius 1 is 1.37 bits per heavy atom. The fourth-order valence-electron chi connectivity index (χ4n) is 2.62. The van der Waals surface area contributed by atoms with Crippen molar-refractivity contribution in [3.8, 4) is 11.5 Å². The molecule has 1 aromatic rings. The molecule has 4 nitrogen and oxygen atoms in total. The Balaban J connectivity index is 2.01. The summed E-state index contributed by atoms with van der Waals surface area (Å²) >= 11 is 0. The maximum Gasteiger partial charge on any atom is 0.120 e. The van der Waals surface area contributed by atoms with Gasteiger partial charge in [0.05, 0.1) is 7.11 Å². The summed E-state index contributed by atoms with van der Waals surface area (Å²) in [5.74, 6) is 1.11. The summed E-state index contributed by atoms with van der Waals surface area (Å²) in [6, 6.07) is 6.03. The average Bonchev–Trinajstić information content (AvgIpc) is 2.42. The molecular formula is C15H24N2O2. The minimum atomic E-state index is 0.128. The second-order valence-electron chi connectivity index (χ2n) is 5.39. The average molecular weight is 264 g/mol. The summed E-state index contributed by atoms with van der Waals surface area (Å²) in [5, 5.41) is 13.6. The van der Waals surface area contributed by atoms with Crippen molar-refractivity contribution < 1.29 is 9.84 Å². The van der Waals surface area contributed by atoms with Crippen molar-refractivity contribution in [1.82, 2.24) is 10.2 Å². The van der Waals surface area contributed by atoms with E-state index in [2.05, 4.69) is 24.2 Å². The number of hydrogen-bond donors (Lipinski definition) is 2. The first-order valence-electron chi connectivity index (χ1n) is 6.91. The molecule has 1 fully saturated rings. The standard InChI is InChI=1S/C15H24N2O2/c1-11(16-12-6-8-17(2)9-7-12)14-10-13(19-3)4-5-15(14)18/h4-5,10-12,16,18H,6-9H2,1-3H3. The number of ether oxygens (including phenoxy) is 1. The Bertz CT molecular complexity index is 415. The van der Waals surface area contributed by atoms with Crippen LogP contribution in [0.1, 0.15) is 31.4 Å². The maximum absolute atomic E-state index is 9.97. The summed E-state index contributed by atoms with van der Waals surface area (Å²) in [4.78, 5) is 2.35. The summed E-state index contributed by atoms with van der Waals surface area (Å²) in [6.07, 6.45) is 2.32. The van der Waals surface area contributed by atoms with Crippen molar-refractivity contribution in [3.63, 3.8) is 0 Å². The Morgan fingerprint density at radius 3 is 2.68 bits per heavy atom. The number of rotatable bonds is 4. The van der Waals surface area contributed by atoms with Gasteiger partial charge < -0.3 is 20.1 Å². The van der Waals surface area contributed by atoms with Crippen LogP contribution in [0.15, 0.2) is 18.2 Å². The van der Waals surface area contributed by atoms with Crippen molar-refractivity contribution in [2.45, 2.75) is 31.8 Å². The van der Waals surface area contributed by atoms with Gasteiger partial charge in [-0.25, -0.2) is 0 Å². The first-order chi connectivity index (χ1) is 9.10. The number of nitrogens with one attached hydrogen (secondary N) is 1. The van der Waals surface area contributed by atoms with E-state index in [9.17, 15) is 5.11 Å². The third-order valence-corrected chi connectivity index (χ3v) is 3.91. The first kappa shape index (κ1) is 14.2. The molecule has 1 aliphatic rings. The molecule has 4 heteroatoms. The van der Waals surface area contributed by atoms with E-state index >= 15 is 0 Å². The number of methoxy groups -OCH3 is 1. The largest absolute Gasteiger partial charge is 0.508 e. The van der Waals surface area contributed by atoms with Crippen LogP contribution in [-0.4, -0.2) is 43.3 Å². The van der Waals surface area contributed by atoms with E-state index in [1.807, 2.05) is 6.07 Å². The van der Waals surface area contributed by atoms with Crippen LogP contribution in [0.25, 0.3) is 0 Å². The van der Waals surface area contributed by atoms with Gasteiger partial charge >= 0.3 is 0 Å². The van der Waals surface area contributed by atoms with E-state index in [4.69, 9.17) is 4.74 Å². The molecule has 106 valence electrons. The number of hydrogen-bond acceptors (Lipinski definition) is 4. The molecule has 2 rings (SSSR count).